The Labute approximate surface area is 158 Å². The molecule has 0 spiro atoms. The molecule has 0 saturated carbocycles. The van der Waals surface area contributed by atoms with E-state index in [1.165, 1.54) is 4.90 Å². The molecule has 1 aliphatic heterocycles. The fraction of sp³-hybridized carbons (Fsp3) is 0.500. The molecule has 1 aromatic heterocycles. The van der Waals surface area contributed by atoms with Crippen LogP contribution in [0.1, 0.15) is 16.7 Å². The summed E-state index contributed by atoms with van der Waals surface area (Å²) in [5.74, 6) is 0. The molecule has 1 N–H and O–H groups in total. The number of amides is 2. The predicted molar refractivity (Wildman–Crippen MR) is 104 cm³/mol. The van der Waals surface area contributed by atoms with Crippen LogP contribution in [0, 0.1) is 13.8 Å². The topological polar surface area (TPSA) is 74.9 Å². The summed E-state index contributed by atoms with van der Waals surface area (Å²) in [6.45, 7) is 6.14. The third-order valence-electron chi connectivity index (χ3n) is 4.69. The van der Waals surface area contributed by atoms with E-state index in [-0.39, 0.29) is 24.2 Å². The second kappa shape index (κ2) is 8.10. The Bertz CT molecular complexity index is 885. The first-order chi connectivity index (χ1) is 12.8. The highest BCUT2D eigenvalue weighted by atomic mass is 16.6. The van der Waals surface area contributed by atoms with E-state index >= 15 is 0 Å². The fourth-order valence-corrected chi connectivity index (χ4v) is 3.44. The van der Waals surface area contributed by atoms with E-state index < -0.39 is 0 Å². The van der Waals surface area contributed by atoms with Gasteiger partial charge in [-0.25, -0.2) is 4.79 Å². The van der Waals surface area contributed by atoms with Crippen molar-refractivity contribution in [2.75, 3.05) is 40.5 Å². The molecule has 0 bridgehead atoms. The number of benzene rings is 1. The summed E-state index contributed by atoms with van der Waals surface area (Å²) in [7, 11) is 3.40. The van der Waals surface area contributed by atoms with E-state index in [9.17, 15) is 9.59 Å². The zero-order chi connectivity index (χ0) is 19.6. The summed E-state index contributed by atoms with van der Waals surface area (Å²) in [6, 6.07) is 5.80. The average molecular weight is 373 g/mol. The predicted octanol–water partition coefficient (Wildman–Crippen LogP) is 2.04. The lowest BCUT2D eigenvalue weighted by atomic mass is 10.1. The Morgan fingerprint density at radius 1 is 1.22 bits per heavy atom. The minimum Gasteiger partial charge on any atom is -0.376 e. The molecule has 27 heavy (non-hydrogen) atoms. The van der Waals surface area contributed by atoms with Gasteiger partial charge in [0.05, 0.1) is 44.5 Å². The maximum absolute atomic E-state index is 12.6. The highest BCUT2D eigenvalue weighted by molar-refractivity contribution is 5.83. The maximum atomic E-state index is 12.6. The lowest BCUT2D eigenvalue weighted by Crippen LogP contribution is -2.46. The highest BCUT2D eigenvalue weighted by Crippen LogP contribution is 2.19. The largest absolute Gasteiger partial charge is 0.376 e. The zero-order valence-corrected chi connectivity index (χ0v) is 16.4. The summed E-state index contributed by atoms with van der Waals surface area (Å²) in [5, 5.41) is 0.969. The van der Waals surface area contributed by atoms with Crippen LogP contribution in [-0.2, 0) is 16.0 Å². The van der Waals surface area contributed by atoms with Gasteiger partial charge in [-0.2, -0.15) is 0 Å². The van der Waals surface area contributed by atoms with Gasteiger partial charge in [0.25, 0.3) is 5.56 Å². The van der Waals surface area contributed by atoms with Gasteiger partial charge in [-0.15, -0.1) is 0 Å². The first-order valence-corrected chi connectivity index (χ1v) is 9.14. The molecule has 1 fully saturated rings. The van der Waals surface area contributed by atoms with Gasteiger partial charge in [0.1, 0.15) is 0 Å². The number of rotatable bonds is 4. The molecule has 3 rings (SSSR count). The van der Waals surface area contributed by atoms with E-state index in [4.69, 9.17) is 9.47 Å². The molecule has 1 saturated heterocycles. The first-order valence-electron chi connectivity index (χ1n) is 9.14. The number of pyridine rings is 1. The number of ether oxygens (including phenoxy) is 2. The minimum atomic E-state index is -0.188. The van der Waals surface area contributed by atoms with Gasteiger partial charge in [-0.05, 0) is 36.9 Å². The average Bonchev–Trinajstić information content (AvgIpc) is 2.62. The Kier molecular flexibility index (Phi) is 5.82. The van der Waals surface area contributed by atoms with Gasteiger partial charge in [0, 0.05) is 19.7 Å². The van der Waals surface area contributed by atoms with Gasteiger partial charge in [0.15, 0.2) is 0 Å². The van der Waals surface area contributed by atoms with Crippen molar-refractivity contribution in [2.24, 2.45) is 0 Å². The van der Waals surface area contributed by atoms with E-state index in [1.807, 2.05) is 32.0 Å². The zero-order valence-electron chi connectivity index (χ0n) is 16.4. The number of nitrogens with one attached hydrogen (secondary N) is 1. The molecule has 2 heterocycles. The lowest BCUT2D eigenvalue weighted by molar-refractivity contribution is -0.0952. The number of fused-ring (bicyclic) bond motifs is 1. The minimum absolute atomic E-state index is 0.163. The van der Waals surface area contributed by atoms with Crippen LogP contribution in [0.3, 0.4) is 0 Å². The second-order valence-electron chi connectivity index (χ2n) is 7.29. The summed E-state index contributed by atoms with van der Waals surface area (Å²) < 4.78 is 11.1. The van der Waals surface area contributed by atoms with Crippen molar-refractivity contribution in [3.8, 4) is 0 Å². The SMILES string of the molecule is Cc1cc(C)c2[nH]c(=O)c(CN(C[C@H]3COCCO3)C(=O)N(C)C)cc2c1. The third kappa shape index (κ3) is 4.48. The Morgan fingerprint density at radius 2 is 2.00 bits per heavy atom. The number of hydrogen-bond acceptors (Lipinski definition) is 4. The van der Waals surface area contributed by atoms with Crippen LogP contribution in [0.4, 0.5) is 4.79 Å². The normalized spacial score (nSPS) is 17.1. The Hall–Kier alpha value is -2.38. The van der Waals surface area contributed by atoms with Crippen molar-refractivity contribution in [2.45, 2.75) is 26.5 Å². The number of H-pyrrole nitrogens is 1. The molecule has 0 unspecified atom stereocenters. The molecule has 1 aliphatic rings. The molecule has 0 aliphatic carbocycles. The lowest BCUT2D eigenvalue weighted by Gasteiger charge is -2.31. The summed E-state index contributed by atoms with van der Waals surface area (Å²) >= 11 is 0. The molecular weight excluding hydrogens is 346 g/mol. The molecule has 7 heteroatoms. The van der Waals surface area contributed by atoms with E-state index in [0.29, 0.717) is 31.9 Å². The van der Waals surface area contributed by atoms with Crippen molar-refractivity contribution in [1.29, 1.82) is 0 Å². The summed E-state index contributed by atoms with van der Waals surface area (Å²) in [4.78, 5) is 31.4. The van der Waals surface area contributed by atoms with Gasteiger partial charge < -0.3 is 24.3 Å². The number of hydrogen-bond donors (Lipinski definition) is 1. The number of carbonyl (C=O) groups excluding carboxylic acids is 1. The van der Waals surface area contributed by atoms with Crippen LogP contribution < -0.4 is 5.56 Å². The molecule has 2 amide bonds. The quantitative estimate of drug-likeness (QED) is 0.890. The molecular formula is C20H27N3O4. The van der Waals surface area contributed by atoms with Gasteiger partial charge >= 0.3 is 6.03 Å². The van der Waals surface area contributed by atoms with Crippen LogP contribution in [-0.4, -0.2) is 67.4 Å². The molecule has 1 atom stereocenters. The number of aryl methyl sites for hydroxylation is 2. The fourth-order valence-electron chi connectivity index (χ4n) is 3.44. The molecule has 7 nitrogen and oxygen atoms in total. The number of aromatic amines is 1. The number of aromatic nitrogens is 1. The summed E-state index contributed by atoms with van der Waals surface area (Å²) in [6.07, 6.45) is -0.188. The number of urea groups is 1. The highest BCUT2D eigenvalue weighted by Gasteiger charge is 2.24. The van der Waals surface area contributed by atoms with Crippen molar-refractivity contribution >= 4 is 16.9 Å². The van der Waals surface area contributed by atoms with Crippen molar-refractivity contribution in [1.82, 2.24) is 14.8 Å². The van der Waals surface area contributed by atoms with Gasteiger partial charge in [0.2, 0.25) is 0 Å². The molecule has 2 aromatic rings. The Morgan fingerprint density at radius 3 is 2.67 bits per heavy atom. The second-order valence-corrected chi connectivity index (χ2v) is 7.29. The van der Waals surface area contributed by atoms with E-state index in [2.05, 4.69) is 4.98 Å². The van der Waals surface area contributed by atoms with Gasteiger partial charge in [-0.1, -0.05) is 11.6 Å². The van der Waals surface area contributed by atoms with Crippen molar-refractivity contribution in [3.63, 3.8) is 0 Å². The standard InChI is InChI=1S/C20H27N3O4/c1-13-7-14(2)18-15(8-13)9-16(19(24)21-18)10-23(20(25)22(3)4)11-17-12-26-5-6-27-17/h7-9,17H,5-6,10-12H2,1-4H3,(H,21,24)/t17-/m0/s1. The van der Waals surface area contributed by atoms with Crippen LogP contribution in [0.15, 0.2) is 23.0 Å². The van der Waals surface area contributed by atoms with E-state index in [1.54, 1.807) is 19.0 Å². The maximum Gasteiger partial charge on any atom is 0.319 e. The van der Waals surface area contributed by atoms with Crippen LogP contribution in [0.25, 0.3) is 10.9 Å². The molecule has 1 aromatic carbocycles. The van der Waals surface area contributed by atoms with Crippen molar-refractivity contribution in [3.05, 3.63) is 45.2 Å². The van der Waals surface area contributed by atoms with Crippen LogP contribution in [0.5, 0.6) is 0 Å². The number of carbonyl (C=O) groups is 1. The van der Waals surface area contributed by atoms with Crippen LogP contribution >= 0.6 is 0 Å². The first kappa shape index (κ1) is 19.4. The Balaban J connectivity index is 1.91. The van der Waals surface area contributed by atoms with Crippen molar-refractivity contribution < 1.29 is 14.3 Å². The number of nitrogens with zero attached hydrogens (tertiary/aromatic N) is 2. The molecule has 146 valence electrons. The van der Waals surface area contributed by atoms with Crippen LogP contribution in [0.2, 0.25) is 0 Å². The third-order valence-corrected chi connectivity index (χ3v) is 4.69. The molecule has 0 radical (unpaired) electrons. The smallest absolute Gasteiger partial charge is 0.319 e. The van der Waals surface area contributed by atoms with E-state index in [0.717, 1.165) is 22.0 Å². The van der Waals surface area contributed by atoms with Gasteiger partial charge in [-0.3, -0.25) is 4.79 Å². The monoisotopic (exact) mass is 373 g/mol. The summed E-state index contributed by atoms with van der Waals surface area (Å²) in [5.41, 5.74) is 3.38.